The number of hydrogen-bond acceptors (Lipinski definition) is 7. The number of nitriles is 1. The molecule has 4 aromatic rings. The first-order valence-electron chi connectivity index (χ1n) is 12.5. The number of halogens is 4. The molecule has 2 aromatic carbocycles. The van der Waals surface area contributed by atoms with E-state index in [0.717, 1.165) is 35.9 Å². The number of nitrogens with zero attached hydrogens (tertiary/aromatic N) is 5. The van der Waals surface area contributed by atoms with Gasteiger partial charge in [-0.3, -0.25) is 4.90 Å². The van der Waals surface area contributed by atoms with Crippen LogP contribution in [0, 0.1) is 17.1 Å². The maximum Gasteiger partial charge on any atom is 0.416 e. The third-order valence-corrected chi connectivity index (χ3v) is 7.61. The van der Waals surface area contributed by atoms with Crippen LogP contribution in [0.25, 0.3) is 16.6 Å². The number of rotatable bonds is 6. The molecule has 2 amide bonds. The van der Waals surface area contributed by atoms with Gasteiger partial charge in [0.2, 0.25) is 0 Å². The van der Waals surface area contributed by atoms with E-state index in [-0.39, 0.29) is 12.2 Å². The lowest BCUT2D eigenvalue weighted by molar-refractivity contribution is -0.137. The summed E-state index contributed by atoms with van der Waals surface area (Å²) < 4.78 is 54.8. The van der Waals surface area contributed by atoms with Crippen molar-refractivity contribution in [3.63, 3.8) is 0 Å². The minimum atomic E-state index is -4.69. The number of urea groups is 1. The number of benzene rings is 2. The fourth-order valence-corrected chi connectivity index (χ4v) is 5.72. The standard InChI is InChI=1S/C27H24F4N8OS/c28-20-6-3-17(27(29,30)31)13-21(20)37-26(40)36-18-4-1-16(2-5-18)23-19(7-8-32)22(14-38-9-11-41-12-10-38)39-24(23)25(33)34-15-35-39/h1-6,13,15H,7,9-12,14H2,(H2,33,34,35)(H2,36,37,40). The van der Waals surface area contributed by atoms with Crippen LogP contribution in [0.1, 0.15) is 16.8 Å². The summed E-state index contributed by atoms with van der Waals surface area (Å²) in [4.78, 5) is 18.9. The fourth-order valence-electron chi connectivity index (χ4n) is 4.74. The lowest BCUT2D eigenvalue weighted by Gasteiger charge is -2.26. The molecule has 0 radical (unpaired) electrons. The molecule has 212 valence electrons. The highest BCUT2D eigenvalue weighted by atomic mass is 32.2. The van der Waals surface area contributed by atoms with Gasteiger partial charge < -0.3 is 16.4 Å². The smallest absolute Gasteiger partial charge is 0.382 e. The number of thioether (sulfide) groups is 1. The summed E-state index contributed by atoms with van der Waals surface area (Å²) in [5.41, 5.74) is 8.49. The molecule has 0 spiro atoms. The molecule has 14 heteroatoms. The van der Waals surface area contributed by atoms with Crippen molar-refractivity contribution in [2.45, 2.75) is 19.1 Å². The second-order valence-electron chi connectivity index (χ2n) is 9.28. The van der Waals surface area contributed by atoms with Crippen molar-refractivity contribution < 1.29 is 22.4 Å². The lowest BCUT2D eigenvalue weighted by atomic mass is 9.98. The maximum atomic E-state index is 14.0. The number of carbonyl (C=O) groups is 1. The van der Waals surface area contributed by atoms with Crippen LogP contribution < -0.4 is 16.4 Å². The lowest BCUT2D eigenvalue weighted by Crippen LogP contribution is -2.32. The Labute approximate surface area is 236 Å². The van der Waals surface area contributed by atoms with Crippen LogP contribution in [0.5, 0.6) is 0 Å². The summed E-state index contributed by atoms with van der Waals surface area (Å²) in [5, 5.41) is 18.7. The predicted molar refractivity (Wildman–Crippen MR) is 149 cm³/mol. The number of hydrogen-bond donors (Lipinski definition) is 3. The molecule has 1 fully saturated rings. The summed E-state index contributed by atoms with van der Waals surface area (Å²) in [6.45, 7) is 2.40. The van der Waals surface area contributed by atoms with Gasteiger partial charge in [0.15, 0.2) is 5.82 Å². The van der Waals surface area contributed by atoms with E-state index in [0.29, 0.717) is 47.1 Å². The van der Waals surface area contributed by atoms with Crippen molar-refractivity contribution in [2.75, 3.05) is 41.0 Å². The second-order valence-corrected chi connectivity index (χ2v) is 10.5. The molecule has 1 saturated heterocycles. The van der Waals surface area contributed by atoms with Crippen molar-refractivity contribution >= 4 is 40.5 Å². The minimum absolute atomic E-state index is 0.112. The fraction of sp³-hybridized carbons (Fsp3) is 0.259. The first-order valence-corrected chi connectivity index (χ1v) is 13.7. The molecular formula is C27H24F4N8OS. The topological polar surface area (TPSA) is 124 Å². The number of nitrogens with one attached hydrogen (secondary N) is 2. The van der Waals surface area contributed by atoms with Gasteiger partial charge in [0.05, 0.1) is 29.4 Å². The predicted octanol–water partition coefficient (Wildman–Crippen LogP) is 5.40. The van der Waals surface area contributed by atoms with E-state index in [1.54, 1.807) is 28.8 Å². The first-order chi connectivity index (χ1) is 19.7. The zero-order chi connectivity index (χ0) is 29.1. The van der Waals surface area contributed by atoms with Gasteiger partial charge in [0, 0.05) is 42.4 Å². The number of anilines is 3. The van der Waals surface area contributed by atoms with Crippen LogP contribution in [0.2, 0.25) is 0 Å². The average molecular weight is 585 g/mol. The monoisotopic (exact) mass is 584 g/mol. The normalized spacial score (nSPS) is 14.1. The Bertz CT molecular complexity index is 1630. The maximum absolute atomic E-state index is 14.0. The van der Waals surface area contributed by atoms with Crippen molar-refractivity contribution in [3.8, 4) is 17.2 Å². The molecule has 0 atom stereocenters. The molecule has 0 bridgehead atoms. The van der Waals surface area contributed by atoms with Crippen LogP contribution in [0.4, 0.5) is 39.5 Å². The van der Waals surface area contributed by atoms with Gasteiger partial charge in [-0.25, -0.2) is 18.7 Å². The van der Waals surface area contributed by atoms with Gasteiger partial charge in [-0.15, -0.1) is 0 Å². The van der Waals surface area contributed by atoms with E-state index in [4.69, 9.17) is 5.73 Å². The Hall–Kier alpha value is -4.35. The van der Waals surface area contributed by atoms with E-state index in [2.05, 4.69) is 31.7 Å². The zero-order valence-corrected chi connectivity index (χ0v) is 22.3. The van der Waals surface area contributed by atoms with Crippen molar-refractivity contribution in [1.29, 1.82) is 5.26 Å². The Morgan fingerprint density at radius 2 is 1.85 bits per heavy atom. The molecule has 3 heterocycles. The molecule has 0 aliphatic carbocycles. The largest absolute Gasteiger partial charge is 0.416 e. The first kappa shape index (κ1) is 28.2. The molecule has 1 aliphatic rings. The van der Waals surface area contributed by atoms with Crippen LogP contribution in [-0.2, 0) is 19.1 Å². The number of alkyl halides is 3. The third kappa shape index (κ3) is 6.06. The highest BCUT2D eigenvalue weighted by molar-refractivity contribution is 7.99. The second kappa shape index (κ2) is 11.6. The number of fused-ring (bicyclic) bond motifs is 1. The Balaban J connectivity index is 1.43. The summed E-state index contributed by atoms with van der Waals surface area (Å²) in [7, 11) is 0. The number of nitrogen functional groups attached to an aromatic ring is 1. The van der Waals surface area contributed by atoms with Crippen molar-refractivity contribution in [1.82, 2.24) is 19.5 Å². The van der Waals surface area contributed by atoms with Crippen molar-refractivity contribution in [3.05, 3.63) is 71.4 Å². The highest BCUT2D eigenvalue weighted by Crippen LogP contribution is 2.37. The molecule has 4 N–H and O–H groups in total. The molecule has 5 rings (SSSR count). The Morgan fingerprint density at radius 3 is 2.54 bits per heavy atom. The van der Waals surface area contributed by atoms with E-state index in [9.17, 15) is 27.6 Å². The van der Waals surface area contributed by atoms with Crippen LogP contribution in [0.15, 0.2) is 48.8 Å². The van der Waals surface area contributed by atoms with Gasteiger partial charge in [-0.05, 0) is 41.5 Å². The minimum Gasteiger partial charge on any atom is -0.382 e. The number of amides is 2. The summed E-state index contributed by atoms with van der Waals surface area (Å²) in [5.74, 6) is 1.28. The van der Waals surface area contributed by atoms with Gasteiger partial charge in [0.25, 0.3) is 0 Å². The molecule has 1 aliphatic heterocycles. The summed E-state index contributed by atoms with van der Waals surface area (Å²) in [6, 6.07) is 9.67. The number of nitrogens with two attached hydrogens (primary N) is 1. The zero-order valence-electron chi connectivity index (χ0n) is 21.5. The molecule has 0 unspecified atom stereocenters. The molecule has 0 saturated carbocycles. The molecule has 2 aromatic heterocycles. The molecular weight excluding hydrogens is 560 g/mol. The highest BCUT2D eigenvalue weighted by Gasteiger charge is 2.31. The van der Waals surface area contributed by atoms with E-state index >= 15 is 0 Å². The van der Waals surface area contributed by atoms with Gasteiger partial charge in [0.1, 0.15) is 17.7 Å². The van der Waals surface area contributed by atoms with Crippen LogP contribution in [-0.4, -0.2) is 50.1 Å². The average Bonchev–Trinajstić information content (AvgIpc) is 3.24. The van der Waals surface area contributed by atoms with Gasteiger partial charge in [-0.2, -0.15) is 35.3 Å². The summed E-state index contributed by atoms with van der Waals surface area (Å²) in [6.07, 6.45) is -3.21. The molecule has 9 nitrogen and oxygen atoms in total. The number of aromatic nitrogens is 3. The van der Waals surface area contributed by atoms with Crippen LogP contribution in [0.3, 0.4) is 0 Å². The van der Waals surface area contributed by atoms with Gasteiger partial charge in [-0.1, -0.05) is 12.1 Å². The number of carbonyl (C=O) groups excluding carboxylic acids is 1. The third-order valence-electron chi connectivity index (χ3n) is 6.67. The van der Waals surface area contributed by atoms with E-state index in [1.807, 2.05) is 11.8 Å². The summed E-state index contributed by atoms with van der Waals surface area (Å²) >= 11 is 1.90. The Kier molecular flexibility index (Phi) is 8.00. The Morgan fingerprint density at radius 1 is 1.12 bits per heavy atom. The van der Waals surface area contributed by atoms with E-state index < -0.39 is 29.3 Å². The van der Waals surface area contributed by atoms with Crippen LogP contribution >= 0.6 is 11.8 Å². The van der Waals surface area contributed by atoms with Crippen molar-refractivity contribution in [2.24, 2.45) is 0 Å². The van der Waals surface area contributed by atoms with Gasteiger partial charge >= 0.3 is 12.2 Å². The SMILES string of the molecule is N#CCc1c(-c2ccc(NC(=O)Nc3cc(C(F)(F)F)ccc3F)cc2)c2c(N)ncnn2c1CN1CCSCC1. The molecule has 41 heavy (non-hydrogen) atoms. The van der Waals surface area contributed by atoms with E-state index in [1.165, 1.54) is 6.33 Å². The quantitative estimate of drug-likeness (QED) is 0.260.